The minimum absolute atomic E-state index is 0.165. The molecule has 0 saturated carbocycles. The van der Waals surface area contributed by atoms with Gasteiger partial charge in [0.15, 0.2) is 0 Å². The Balaban J connectivity index is 1.58. The lowest BCUT2D eigenvalue weighted by Crippen LogP contribution is -2.44. The normalized spacial score (nSPS) is 14.6. The van der Waals surface area contributed by atoms with Gasteiger partial charge in [0.25, 0.3) is 0 Å². The number of thiophene rings is 1. The van der Waals surface area contributed by atoms with Gasteiger partial charge in [0, 0.05) is 24.2 Å². The second kappa shape index (κ2) is 7.25. The monoisotopic (exact) mass is 367 g/mol. The maximum atomic E-state index is 13.7. The molecule has 2 amide bonds. The zero-order valence-electron chi connectivity index (χ0n) is 14.1. The summed E-state index contributed by atoms with van der Waals surface area (Å²) in [4.78, 5) is 20.4. The number of pyridine rings is 1. The highest BCUT2D eigenvalue weighted by atomic mass is 32.1. The van der Waals surface area contributed by atoms with E-state index < -0.39 is 6.04 Å². The summed E-state index contributed by atoms with van der Waals surface area (Å²) in [5.41, 5.74) is 2.56. The fourth-order valence-electron chi connectivity index (χ4n) is 3.20. The van der Waals surface area contributed by atoms with Crippen LogP contribution in [0.1, 0.15) is 27.7 Å². The predicted octanol–water partition coefficient (Wildman–Crippen LogP) is 4.14. The lowest BCUT2D eigenvalue weighted by molar-refractivity contribution is 0.190. The van der Waals surface area contributed by atoms with Gasteiger partial charge >= 0.3 is 6.03 Å². The number of amides is 2. The highest BCUT2D eigenvalue weighted by Crippen LogP contribution is 2.25. The molecule has 0 radical (unpaired) electrons. The van der Waals surface area contributed by atoms with Crippen LogP contribution in [0.15, 0.2) is 60.1 Å². The molecule has 0 aliphatic carbocycles. The van der Waals surface area contributed by atoms with Crippen molar-refractivity contribution < 1.29 is 9.18 Å². The molecule has 1 atom stereocenters. The Hall–Kier alpha value is -2.73. The highest BCUT2D eigenvalue weighted by molar-refractivity contribution is 7.10. The Bertz CT molecular complexity index is 912. The third-order valence-electron chi connectivity index (χ3n) is 4.53. The number of carbonyl (C=O) groups excluding carboxylic acids is 1. The predicted molar refractivity (Wildman–Crippen MR) is 99.4 cm³/mol. The smallest absolute Gasteiger partial charge is 0.318 e. The number of benzene rings is 1. The number of rotatable bonds is 3. The number of carbonyl (C=O) groups is 1. The van der Waals surface area contributed by atoms with Crippen LogP contribution in [0.3, 0.4) is 0 Å². The Morgan fingerprint density at radius 3 is 2.96 bits per heavy atom. The molecule has 0 fully saturated rings. The van der Waals surface area contributed by atoms with Gasteiger partial charge in [-0.2, -0.15) is 0 Å². The van der Waals surface area contributed by atoms with E-state index in [9.17, 15) is 9.18 Å². The number of fused-ring (bicyclic) bond motifs is 1. The van der Waals surface area contributed by atoms with Crippen LogP contribution in [0.5, 0.6) is 0 Å². The van der Waals surface area contributed by atoms with Crippen molar-refractivity contribution in [1.29, 1.82) is 0 Å². The van der Waals surface area contributed by atoms with Crippen LogP contribution in [-0.4, -0.2) is 22.5 Å². The van der Waals surface area contributed by atoms with Crippen LogP contribution in [0.2, 0.25) is 0 Å². The fraction of sp³-hybridized carbons (Fsp3) is 0.200. The summed E-state index contributed by atoms with van der Waals surface area (Å²) < 4.78 is 13.7. The molecule has 132 valence electrons. The fourth-order valence-corrected chi connectivity index (χ4v) is 4.09. The van der Waals surface area contributed by atoms with E-state index >= 15 is 0 Å². The molecule has 1 aromatic carbocycles. The van der Waals surface area contributed by atoms with Gasteiger partial charge in [-0.15, -0.1) is 11.3 Å². The van der Waals surface area contributed by atoms with Crippen molar-refractivity contribution in [3.63, 3.8) is 0 Å². The SMILES string of the molecule is O=C(NC(c1cccc(F)c1)c1ccccn1)N1CCc2sccc2C1. The van der Waals surface area contributed by atoms with Gasteiger partial charge in [0.2, 0.25) is 0 Å². The van der Waals surface area contributed by atoms with Gasteiger partial charge in [-0.25, -0.2) is 9.18 Å². The van der Waals surface area contributed by atoms with Gasteiger partial charge in [0.1, 0.15) is 5.82 Å². The van der Waals surface area contributed by atoms with Crippen molar-refractivity contribution in [2.45, 2.75) is 19.0 Å². The Morgan fingerprint density at radius 2 is 2.15 bits per heavy atom. The largest absolute Gasteiger partial charge is 0.325 e. The van der Waals surface area contributed by atoms with Gasteiger partial charge < -0.3 is 10.2 Å². The lowest BCUT2D eigenvalue weighted by Gasteiger charge is -2.29. The second-order valence-corrected chi connectivity index (χ2v) is 7.23. The second-order valence-electron chi connectivity index (χ2n) is 6.23. The van der Waals surface area contributed by atoms with Gasteiger partial charge in [-0.1, -0.05) is 18.2 Å². The maximum absolute atomic E-state index is 13.7. The van der Waals surface area contributed by atoms with Crippen molar-refractivity contribution in [2.24, 2.45) is 0 Å². The van der Waals surface area contributed by atoms with Gasteiger partial charge in [-0.05, 0) is 53.3 Å². The summed E-state index contributed by atoms with van der Waals surface area (Å²) in [7, 11) is 0. The number of hydrogen-bond donors (Lipinski definition) is 1. The summed E-state index contributed by atoms with van der Waals surface area (Å²) in [5.74, 6) is -0.335. The van der Waals surface area contributed by atoms with Crippen molar-refractivity contribution >= 4 is 17.4 Å². The Kier molecular flexibility index (Phi) is 4.67. The first-order chi connectivity index (χ1) is 12.7. The Morgan fingerprint density at radius 1 is 1.23 bits per heavy atom. The topological polar surface area (TPSA) is 45.2 Å². The van der Waals surface area contributed by atoms with E-state index in [1.54, 1.807) is 34.6 Å². The Labute approximate surface area is 155 Å². The maximum Gasteiger partial charge on any atom is 0.318 e. The van der Waals surface area contributed by atoms with Crippen LogP contribution in [0.25, 0.3) is 0 Å². The number of halogens is 1. The molecular weight excluding hydrogens is 349 g/mol. The van der Waals surface area contributed by atoms with Crippen LogP contribution in [-0.2, 0) is 13.0 Å². The molecule has 1 unspecified atom stereocenters. The first kappa shape index (κ1) is 16.7. The van der Waals surface area contributed by atoms with Gasteiger partial charge in [0.05, 0.1) is 11.7 Å². The molecule has 3 aromatic rings. The minimum Gasteiger partial charge on any atom is -0.325 e. The van der Waals surface area contributed by atoms with E-state index in [1.165, 1.54) is 22.6 Å². The van der Waals surface area contributed by atoms with E-state index in [4.69, 9.17) is 0 Å². The zero-order valence-corrected chi connectivity index (χ0v) is 14.9. The first-order valence-corrected chi connectivity index (χ1v) is 9.36. The molecule has 4 rings (SSSR count). The van der Waals surface area contributed by atoms with E-state index in [1.807, 2.05) is 18.2 Å². The quantitative estimate of drug-likeness (QED) is 0.756. The molecule has 0 saturated heterocycles. The summed E-state index contributed by atoms with van der Waals surface area (Å²) in [5, 5.41) is 5.10. The number of nitrogens with zero attached hydrogens (tertiary/aromatic N) is 2. The molecule has 0 spiro atoms. The van der Waals surface area contributed by atoms with E-state index in [-0.39, 0.29) is 11.8 Å². The molecule has 0 bridgehead atoms. The molecule has 4 nitrogen and oxygen atoms in total. The molecule has 6 heteroatoms. The summed E-state index contributed by atoms with van der Waals surface area (Å²) in [6.07, 6.45) is 2.54. The molecule has 26 heavy (non-hydrogen) atoms. The average Bonchev–Trinajstić information content (AvgIpc) is 3.14. The van der Waals surface area contributed by atoms with E-state index in [0.29, 0.717) is 24.3 Å². The van der Waals surface area contributed by atoms with E-state index in [2.05, 4.69) is 21.7 Å². The highest BCUT2D eigenvalue weighted by Gasteiger charge is 2.25. The number of hydrogen-bond acceptors (Lipinski definition) is 3. The number of nitrogens with one attached hydrogen (secondary N) is 1. The minimum atomic E-state index is -0.497. The van der Waals surface area contributed by atoms with Crippen molar-refractivity contribution in [2.75, 3.05) is 6.54 Å². The lowest BCUT2D eigenvalue weighted by atomic mass is 10.0. The first-order valence-electron chi connectivity index (χ1n) is 8.48. The molecule has 1 aliphatic rings. The standard InChI is InChI=1S/C20H18FN3OS/c21-16-5-3-4-14(12-16)19(17-6-1-2-9-22-17)23-20(25)24-10-7-18-15(13-24)8-11-26-18/h1-6,8-9,11-12,19H,7,10,13H2,(H,23,25). The van der Waals surface area contributed by atoms with Crippen LogP contribution in [0, 0.1) is 5.82 Å². The zero-order chi connectivity index (χ0) is 17.9. The summed E-state index contributed by atoms with van der Waals surface area (Å²) in [6.45, 7) is 1.28. The molecule has 1 aliphatic heterocycles. The summed E-state index contributed by atoms with van der Waals surface area (Å²) >= 11 is 1.74. The van der Waals surface area contributed by atoms with Gasteiger partial charge in [-0.3, -0.25) is 4.98 Å². The van der Waals surface area contributed by atoms with E-state index in [0.717, 1.165) is 6.42 Å². The molecule has 1 N–H and O–H groups in total. The van der Waals surface area contributed by atoms with Crippen molar-refractivity contribution in [1.82, 2.24) is 15.2 Å². The van der Waals surface area contributed by atoms with Crippen molar-refractivity contribution in [3.05, 3.63) is 87.6 Å². The number of urea groups is 1. The van der Waals surface area contributed by atoms with Crippen molar-refractivity contribution in [3.8, 4) is 0 Å². The molecular formula is C20H18FN3OS. The number of aromatic nitrogens is 1. The third kappa shape index (κ3) is 3.46. The van der Waals surface area contributed by atoms with Crippen LogP contribution < -0.4 is 5.32 Å². The molecule has 2 aromatic heterocycles. The average molecular weight is 367 g/mol. The van der Waals surface area contributed by atoms with Crippen LogP contribution >= 0.6 is 11.3 Å². The summed E-state index contributed by atoms with van der Waals surface area (Å²) in [6, 6.07) is 13.2. The van der Waals surface area contributed by atoms with Crippen LogP contribution in [0.4, 0.5) is 9.18 Å². The third-order valence-corrected chi connectivity index (χ3v) is 5.55. The molecule has 3 heterocycles.